The standard InChI is InChI=1S/C23H15ClN4O4/c1-11-17-19(13-5-3-4-6-16(13)31-23(17)29)32-22-18(11)21-26-20(27-28(21)10-25-22)14-9-12(24)7-8-15(14)30-2/h3-11H,1-2H3. The molecule has 4 heterocycles. The van der Waals surface area contributed by atoms with Crippen molar-refractivity contribution in [1.82, 2.24) is 19.6 Å². The van der Waals surface area contributed by atoms with Crippen molar-refractivity contribution in [3.05, 3.63) is 75.4 Å². The number of benzene rings is 2. The molecular formula is C23H15ClN4O4. The summed E-state index contributed by atoms with van der Waals surface area (Å²) < 4.78 is 18.7. The van der Waals surface area contributed by atoms with E-state index in [-0.39, 0.29) is 5.92 Å². The number of halogens is 1. The lowest BCUT2D eigenvalue weighted by atomic mass is 9.92. The summed E-state index contributed by atoms with van der Waals surface area (Å²) in [6.45, 7) is 1.90. The van der Waals surface area contributed by atoms with Gasteiger partial charge in [-0.3, -0.25) is 0 Å². The molecule has 9 heteroatoms. The Morgan fingerprint density at radius 2 is 2.00 bits per heavy atom. The number of hydrogen-bond acceptors (Lipinski definition) is 7. The maximum Gasteiger partial charge on any atom is 0.343 e. The molecule has 0 saturated heterocycles. The average Bonchev–Trinajstić information content (AvgIpc) is 3.23. The first-order valence-corrected chi connectivity index (χ1v) is 10.3. The minimum atomic E-state index is -0.449. The first-order chi connectivity index (χ1) is 15.5. The first-order valence-electron chi connectivity index (χ1n) is 9.88. The fraction of sp³-hybridized carbons (Fsp3) is 0.130. The van der Waals surface area contributed by atoms with Crippen LogP contribution in [0.1, 0.15) is 24.0 Å². The zero-order valence-electron chi connectivity index (χ0n) is 17.0. The Kier molecular flexibility index (Phi) is 4.00. The van der Waals surface area contributed by atoms with Gasteiger partial charge in [0.1, 0.15) is 17.7 Å². The van der Waals surface area contributed by atoms with Gasteiger partial charge in [0, 0.05) is 10.9 Å². The van der Waals surface area contributed by atoms with Crippen LogP contribution in [0.15, 0.2) is 58.0 Å². The number of methoxy groups -OCH3 is 1. The number of para-hydroxylation sites is 1. The zero-order valence-corrected chi connectivity index (χ0v) is 17.8. The van der Waals surface area contributed by atoms with Gasteiger partial charge in [-0.2, -0.15) is 0 Å². The molecule has 3 aromatic heterocycles. The van der Waals surface area contributed by atoms with E-state index in [0.29, 0.717) is 61.5 Å². The monoisotopic (exact) mass is 446 g/mol. The minimum absolute atomic E-state index is 0.371. The number of aromatic nitrogens is 4. The van der Waals surface area contributed by atoms with Gasteiger partial charge in [0.05, 0.1) is 29.2 Å². The summed E-state index contributed by atoms with van der Waals surface area (Å²) in [4.78, 5) is 22.0. The average molecular weight is 447 g/mol. The normalized spacial score (nSPS) is 14.8. The van der Waals surface area contributed by atoms with E-state index in [9.17, 15) is 4.79 Å². The number of rotatable bonds is 2. The van der Waals surface area contributed by atoms with Gasteiger partial charge >= 0.3 is 5.63 Å². The van der Waals surface area contributed by atoms with Crippen LogP contribution in [0, 0.1) is 0 Å². The van der Waals surface area contributed by atoms with E-state index in [0.717, 1.165) is 0 Å². The van der Waals surface area contributed by atoms with Crippen molar-refractivity contribution < 1.29 is 13.9 Å². The molecule has 1 unspecified atom stereocenters. The van der Waals surface area contributed by atoms with Crippen LogP contribution in [0.25, 0.3) is 28.0 Å². The Hall–Kier alpha value is -3.91. The topological polar surface area (TPSA) is 91.8 Å². The maximum absolute atomic E-state index is 12.8. The molecule has 2 aromatic carbocycles. The number of fused-ring (bicyclic) bond motifs is 6. The third-order valence-corrected chi connectivity index (χ3v) is 5.89. The Labute approximate surface area is 186 Å². The summed E-state index contributed by atoms with van der Waals surface area (Å²) >= 11 is 6.19. The summed E-state index contributed by atoms with van der Waals surface area (Å²) in [5.74, 6) is 1.48. The molecule has 1 atom stereocenters. The van der Waals surface area contributed by atoms with E-state index in [1.54, 1.807) is 35.9 Å². The molecule has 0 fully saturated rings. The lowest BCUT2D eigenvalue weighted by Crippen LogP contribution is -2.19. The highest BCUT2D eigenvalue weighted by Gasteiger charge is 2.34. The van der Waals surface area contributed by atoms with E-state index in [2.05, 4.69) is 10.1 Å². The van der Waals surface area contributed by atoms with Crippen molar-refractivity contribution in [2.45, 2.75) is 12.8 Å². The van der Waals surface area contributed by atoms with Crippen molar-refractivity contribution in [3.8, 4) is 28.8 Å². The number of hydrogen-bond donors (Lipinski definition) is 0. The van der Waals surface area contributed by atoms with Gasteiger partial charge in [0.15, 0.2) is 17.2 Å². The maximum atomic E-state index is 12.8. The Balaban J connectivity index is 1.58. The summed E-state index contributed by atoms with van der Waals surface area (Å²) in [6, 6.07) is 12.5. The molecular weight excluding hydrogens is 432 g/mol. The molecule has 158 valence electrons. The fourth-order valence-corrected chi connectivity index (χ4v) is 4.32. The third kappa shape index (κ3) is 2.63. The van der Waals surface area contributed by atoms with Crippen LogP contribution in [0.4, 0.5) is 0 Å². The molecule has 1 aliphatic heterocycles. The Bertz CT molecular complexity index is 1610. The molecule has 0 aliphatic carbocycles. The Morgan fingerprint density at radius 3 is 2.84 bits per heavy atom. The smallest absolute Gasteiger partial charge is 0.343 e. The molecule has 5 aromatic rings. The second-order valence-electron chi connectivity index (χ2n) is 7.46. The summed E-state index contributed by atoms with van der Waals surface area (Å²) in [5, 5.41) is 5.80. The molecule has 0 radical (unpaired) electrons. The van der Waals surface area contributed by atoms with E-state index in [1.165, 1.54) is 6.33 Å². The van der Waals surface area contributed by atoms with E-state index in [4.69, 9.17) is 30.5 Å². The Morgan fingerprint density at radius 1 is 1.16 bits per heavy atom. The van der Waals surface area contributed by atoms with Gasteiger partial charge in [-0.1, -0.05) is 30.7 Å². The predicted molar refractivity (Wildman–Crippen MR) is 118 cm³/mol. The second-order valence-corrected chi connectivity index (χ2v) is 7.90. The van der Waals surface area contributed by atoms with Crippen LogP contribution in [0.5, 0.6) is 17.4 Å². The van der Waals surface area contributed by atoms with Crippen LogP contribution in [0.3, 0.4) is 0 Å². The van der Waals surface area contributed by atoms with Crippen molar-refractivity contribution in [1.29, 1.82) is 0 Å². The molecule has 0 bridgehead atoms. The second kappa shape index (κ2) is 6.80. The van der Waals surface area contributed by atoms with Crippen LogP contribution >= 0.6 is 11.6 Å². The van der Waals surface area contributed by atoms with Gasteiger partial charge in [-0.25, -0.2) is 19.3 Å². The molecule has 1 aliphatic rings. The quantitative estimate of drug-likeness (QED) is 0.359. The van der Waals surface area contributed by atoms with Gasteiger partial charge in [-0.05, 0) is 30.3 Å². The van der Waals surface area contributed by atoms with Crippen molar-refractivity contribution >= 4 is 28.2 Å². The van der Waals surface area contributed by atoms with Gasteiger partial charge < -0.3 is 13.9 Å². The fourth-order valence-electron chi connectivity index (χ4n) is 4.15. The van der Waals surface area contributed by atoms with Gasteiger partial charge in [0.25, 0.3) is 0 Å². The number of nitrogens with zero attached hydrogens (tertiary/aromatic N) is 4. The van der Waals surface area contributed by atoms with E-state index >= 15 is 0 Å². The van der Waals surface area contributed by atoms with Gasteiger partial charge in [0.2, 0.25) is 5.88 Å². The van der Waals surface area contributed by atoms with Crippen molar-refractivity contribution in [3.63, 3.8) is 0 Å². The van der Waals surface area contributed by atoms with Crippen LogP contribution in [0.2, 0.25) is 5.02 Å². The van der Waals surface area contributed by atoms with Crippen LogP contribution < -0.4 is 15.1 Å². The summed E-state index contributed by atoms with van der Waals surface area (Å²) in [7, 11) is 1.57. The van der Waals surface area contributed by atoms with E-state index in [1.807, 2.05) is 25.1 Å². The lowest BCUT2D eigenvalue weighted by Gasteiger charge is -2.24. The van der Waals surface area contributed by atoms with Crippen LogP contribution in [-0.2, 0) is 0 Å². The molecule has 32 heavy (non-hydrogen) atoms. The predicted octanol–water partition coefficient (Wildman–Crippen LogP) is 4.82. The van der Waals surface area contributed by atoms with Crippen LogP contribution in [-0.4, -0.2) is 26.7 Å². The first kappa shape index (κ1) is 18.8. The molecule has 0 N–H and O–H groups in total. The van der Waals surface area contributed by atoms with Crippen molar-refractivity contribution in [2.24, 2.45) is 0 Å². The molecule has 0 saturated carbocycles. The highest BCUT2D eigenvalue weighted by molar-refractivity contribution is 6.30. The SMILES string of the molecule is COc1ccc(Cl)cc1-c1nc2c3c(ncn2n1)Oc1c(c(=O)oc2ccccc12)C3C. The largest absolute Gasteiger partial charge is 0.496 e. The zero-order chi connectivity index (χ0) is 22.0. The highest BCUT2D eigenvalue weighted by atomic mass is 35.5. The number of ether oxygens (including phenoxy) is 2. The molecule has 0 spiro atoms. The van der Waals surface area contributed by atoms with Gasteiger partial charge in [-0.15, -0.1) is 5.10 Å². The van der Waals surface area contributed by atoms with Crippen molar-refractivity contribution in [2.75, 3.05) is 7.11 Å². The molecule has 6 rings (SSSR count). The lowest BCUT2D eigenvalue weighted by molar-refractivity contribution is 0.416. The summed E-state index contributed by atoms with van der Waals surface area (Å²) in [6.07, 6.45) is 1.53. The molecule has 0 amide bonds. The third-order valence-electron chi connectivity index (χ3n) is 5.65. The molecule has 8 nitrogen and oxygen atoms in total. The summed E-state index contributed by atoms with van der Waals surface area (Å²) in [5.41, 5.74) is 2.27. The van der Waals surface area contributed by atoms with E-state index < -0.39 is 5.63 Å². The minimum Gasteiger partial charge on any atom is -0.496 e. The highest BCUT2D eigenvalue weighted by Crippen LogP contribution is 2.46.